The van der Waals surface area contributed by atoms with E-state index in [0.29, 0.717) is 18.6 Å². The molecule has 1 saturated carbocycles. The molecule has 1 aromatic rings. The summed E-state index contributed by atoms with van der Waals surface area (Å²) in [6, 6.07) is 5.43. The first-order valence-electron chi connectivity index (χ1n) is 8.51. The molecule has 1 unspecified atom stereocenters. The van der Waals surface area contributed by atoms with Crippen LogP contribution in [0.4, 0.5) is 0 Å². The first-order chi connectivity index (χ1) is 11.4. The van der Waals surface area contributed by atoms with Crippen molar-refractivity contribution in [2.75, 3.05) is 7.11 Å². The number of allylic oxidation sites excluding steroid dienone is 1. The fourth-order valence-electron chi connectivity index (χ4n) is 5.14. The normalized spacial score (nSPS) is 43.5. The molecule has 2 aliphatic carbocycles. The molecule has 2 fully saturated rings. The molecular weight excluding hydrogens is 308 g/mol. The molecule has 5 nitrogen and oxygen atoms in total. The van der Waals surface area contributed by atoms with Gasteiger partial charge in [0.2, 0.25) is 0 Å². The lowest BCUT2D eigenvalue weighted by Gasteiger charge is -2.49. The van der Waals surface area contributed by atoms with Crippen LogP contribution >= 0.6 is 0 Å². The third-order valence-corrected chi connectivity index (χ3v) is 6.47. The number of rotatable bonds is 2. The zero-order chi connectivity index (χ0) is 17.1. The molecule has 0 amide bonds. The fraction of sp³-hybridized carbons (Fsp3) is 0.579. The average Bonchev–Trinajstić information content (AvgIpc) is 3.02. The van der Waals surface area contributed by atoms with Gasteiger partial charge in [-0.3, -0.25) is 0 Å². The summed E-state index contributed by atoms with van der Waals surface area (Å²) < 4.78 is 11.2. The van der Waals surface area contributed by atoms with Gasteiger partial charge in [-0.2, -0.15) is 0 Å². The van der Waals surface area contributed by atoms with Crippen LogP contribution in [0.2, 0.25) is 0 Å². The van der Waals surface area contributed by atoms with E-state index in [2.05, 4.69) is 6.08 Å². The van der Waals surface area contributed by atoms with E-state index in [0.717, 1.165) is 12.0 Å². The summed E-state index contributed by atoms with van der Waals surface area (Å²) in [6.45, 7) is 2.02. The Balaban J connectivity index is 1.79. The van der Waals surface area contributed by atoms with Crippen molar-refractivity contribution in [1.82, 2.24) is 0 Å². The van der Waals surface area contributed by atoms with Gasteiger partial charge in [-0.1, -0.05) is 25.1 Å². The van der Waals surface area contributed by atoms with Gasteiger partial charge in [0.25, 0.3) is 0 Å². The van der Waals surface area contributed by atoms with Crippen LogP contribution in [0.25, 0.3) is 0 Å². The first-order valence-corrected chi connectivity index (χ1v) is 8.51. The highest BCUT2D eigenvalue weighted by Gasteiger charge is 2.67. The first kappa shape index (κ1) is 15.9. The predicted octanol–water partition coefficient (Wildman–Crippen LogP) is 2.31. The minimum Gasteiger partial charge on any atom is -0.504 e. The van der Waals surface area contributed by atoms with Gasteiger partial charge in [0.05, 0.1) is 18.8 Å². The summed E-state index contributed by atoms with van der Waals surface area (Å²) in [5, 5.41) is 30.8. The van der Waals surface area contributed by atoms with Crippen LogP contribution < -0.4 is 4.74 Å². The number of hydrogen-bond acceptors (Lipinski definition) is 5. The zero-order valence-electron chi connectivity index (χ0n) is 14.0. The Morgan fingerprint density at radius 1 is 1.29 bits per heavy atom. The van der Waals surface area contributed by atoms with Crippen LogP contribution in [0.3, 0.4) is 0 Å². The molecule has 5 heteroatoms. The van der Waals surface area contributed by atoms with Crippen molar-refractivity contribution < 1.29 is 24.8 Å². The topological polar surface area (TPSA) is 79.2 Å². The number of aromatic hydroxyl groups is 1. The van der Waals surface area contributed by atoms with Crippen LogP contribution in [0.5, 0.6) is 11.5 Å². The largest absolute Gasteiger partial charge is 0.504 e. The zero-order valence-corrected chi connectivity index (χ0v) is 14.0. The third kappa shape index (κ3) is 1.92. The minimum atomic E-state index is -0.811. The van der Waals surface area contributed by atoms with E-state index in [4.69, 9.17) is 9.47 Å². The van der Waals surface area contributed by atoms with Crippen LogP contribution in [-0.4, -0.2) is 40.4 Å². The van der Waals surface area contributed by atoms with Crippen molar-refractivity contribution in [3.8, 4) is 11.5 Å². The van der Waals surface area contributed by atoms with Crippen molar-refractivity contribution in [2.45, 2.75) is 50.1 Å². The molecule has 4 rings (SSSR count). The van der Waals surface area contributed by atoms with E-state index in [1.807, 2.05) is 19.1 Å². The number of aliphatic hydroxyl groups excluding tert-OH is 2. The van der Waals surface area contributed by atoms with Crippen molar-refractivity contribution in [3.63, 3.8) is 0 Å². The molecule has 3 aliphatic rings. The summed E-state index contributed by atoms with van der Waals surface area (Å²) in [5.41, 5.74) is -0.0731. The quantitative estimate of drug-likeness (QED) is 0.724. The molecule has 6 atom stereocenters. The molecule has 1 heterocycles. The molecule has 24 heavy (non-hydrogen) atoms. The Morgan fingerprint density at radius 3 is 2.79 bits per heavy atom. The van der Waals surface area contributed by atoms with Gasteiger partial charge < -0.3 is 24.8 Å². The SMILES string of the molecule is COc1ccc([C@H]2C=C[C@]3(C)[C@H](O)CC[C@@]34OC(O)C[C@H]24)cc1O. The summed E-state index contributed by atoms with van der Waals surface area (Å²) >= 11 is 0. The van der Waals surface area contributed by atoms with E-state index in [1.54, 1.807) is 12.1 Å². The standard InChI is InChI=1S/C19H24O5/c1-18-7-5-12(11-3-4-15(23-2)14(20)9-11)13-10-17(22)24-19(13,18)8-6-16(18)21/h3-5,7,9,12-13,16-17,20-22H,6,8,10H2,1-2H3/t12-,13-,16-,17?,18-,19+/m1/s1. The van der Waals surface area contributed by atoms with Gasteiger partial charge in [0.1, 0.15) is 0 Å². The van der Waals surface area contributed by atoms with Crippen LogP contribution in [0.1, 0.15) is 37.7 Å². The molecule has 1 saturated heterocycles. The molecule has 3 N–H and O–H groups in total. The molecule has 130 valence electrons. The summed E-state index contributed by atoms with van der Waals surface area (Å²) in [4.78, 5) is 0. The Labute approximate surface area is 141 Å². The molecular formula is C19H24O5. The highest BCUT2D eigenvalue weighted by atomic mass is 16.6. The maximum Gasteiger partial charge on any atom is 0.160 e. The maximum absolute atomic E-state index is 10.5. The number of methoxy groups -OCH3 is 1. The van der Waals surface area contributed by atoms with Crippen molar-refractivity contribution >= 4 is 0 Å². The van der Waals surface area contributed by atoms with Gasteiger partial charge in [0, 0.05) is 23.7 Å². The van der Waals surface area contributed by atoms with Crippen molar-refractivity contribution in [3.05, 3.63) is 35.9 Å². The van der Waals surface area contributed by atoms with Crippen LogP contribution in [0.15, 0.2) is 30.4 Å². The monoisotopic (exact) mass is 332 g/mol. The van der Waals surface area contributed by atoms with Crippen molar-refractivity contribution in [2.24, 2.45) is 11.3 Å². The van der Waals surface area contributed by atoms with E-state index in [1.165, 1.54) is 7.11 Å². The molecule has 1 aromatic carbocycles. The van der Waals surface area contributed by atoms with E-state index < -0.39 is 23.4 Å². The van der Waals surface area contributed by atoms with E-state index in [-0.39, 0.29) is 17.6 Å². The minimum absolute atomic E-state index is 0.0253. The molecule has 0 radical (unpaired) electrons. The lowest BCUT2D eigenvalue weighted by atomic mass is 9.59. The summed E-state index contributed by atoms with van der Waals surface area (Å²) in [6.07, 6.45) is 4.80. The van der Waals surface area contributed by atoms with Gasteiger partial charge in [-0.25, -0.2) is 0 Å². The van der Waals surface area contributed by atoms with E-state index >= 15 is 0 Å². The third-order valence-electron chi connectivity index (χ3n) is 6.47. The van der Waals surface area contributed by atoms with Gasteiger partial charge in [-0.05, 0) is 30.5 Å². The predicted molar refractivity (Wildman–Crippen MR) is 87.8 cm³/mol. The fourth-order valence-corrected chi connectivity index (χ4v) is 5.14. The molecule has 1 aliphatic heterocycles. The Hall–Kier alpha value is -1.56. The molecule has 0 bridgehead atoms. The van der Waals surface area contributed by atoms with E-state index in [9.17, 15) is 15.3 Å². The highest BCUT2D eigenvalue weighted by molar-refractivity contribution is 5.45. The number of hydrogen-bond donors (Lipinski definition) is 3. The average molecular weight is 332 g/mol. The summed E-state index contributed by atoms with van der Waals surface area (Å²) in [5.74, 6) is 0.638. The lowest BCUT2D eigenvalue weighted by molar-refractivity contribution is -0.183. The van der Waals surface area contributed by atoms with Crippen molar-refractivity contribution in [1.29, 1.82) is 0 Å². The van der Waals surface area contributed by atoms with Gasteiger partial charge in [-0.15, -0.1) is 0 Å². The molecule has 1 spiro atoms. The molecule has 0 aromatic heterocycles. The maximum atomic E-state index is 10.5. The Kier molecular flexibility index (Phi) is 3.46. The second-order valence-corrected chi connectivity index (χ2v) is 7.46. The number of ether oxygens (including phenoxy) is 2. The Bertz CT molecular complexity index is 686. The van der Waals surface area contributed by atoms with Gasteiger partial charge >= 0.3 is 0 Å². The van der Waals surface area contributed by atoms with Gasteiger partial charge in [0.15, 0.2) is 17.8 Å². The smallest absolute Gasteiger partial charge is 0.160 e. The number of benzene rings is 1. The second kappa shape index (κ2) is 5.22. The van der Waals surface area contributed by atoms with Crippen LogP contribution in [0, 0.1) is 11.3 Å². The number of phenolic OH excluding ortho intramolecular Hbond substituents is 1. The number of phenols is 1. The second-order valence-electron chi connectivity index (χ2n) is 7.46. The lowest BCUT2D eigenvalue weighted by Crippen LogP contribution is -2.53. The summed E-state index contributed by atoms with van der Waals surface area (Å²) in [7, 11) is 1.52. The van der Waals surface area contributed by atoms with Crippen LogP contribution in [-0.2, 0) is 4.74 Å². The Morgan fingerprint density at radius 2 is 2.08 bits per heavy atom. The number of aliphatic hydroxyl groups is 2. The highest BCUT2D eigenvalue weighted by Crippen LogP contribution is 2.63.